The molecule has 0 radical (unpaired) electrons. The Hall–Kier alpha value is -2.11. The normalized spacial score (nSPS) is 10.4. The smallest absolute Gasteiger partial charge is 0.230 e. The van der Waals surface area contributed by atoms with E-state index >= 15 is 0 Å². The molecule has 0 saturated heterocycles. The van der Waals surface area contributed by atoms with Crippen molar-refractivity contribution in [2.45, 2.75) is 13.8 Å². The molecule has 2 N–H and O–H groups in total. The molecule has 0 atom stereocenters. The summed E-state index contributed by atoms with van der Waals surface area (Å²) in [6.07, 6.45) is 1.86. The van der Waals surface area contributed by atoms with Crippen LogP contribution >= 0.6 is 0 Å². The van der Waals surface area contributed by atoms with Crippen molar-refractivity contribution in [1.29, 1.82) is 0 Å². The van der Waals surface area contributed by atoms with Gasteiger partial charge in [0.2, 0.25) is 11.9 Å². The molecule has 18 heavy (non-hydrogen) atoms. The molecule has 0 saturated carbocycles. The molecule has 6 nitrogen and oxygen atoms in total. The lowest BCUT2D eigenvalue weighted by Crippen LogP contribution is -2.25. The fourth-order valence-electron chi connectivity index (χ4n) is 1.71. The summed E-state index contributed by atoms with van der Waals surface area (Å²) in [6, 6.07) is 3.87. The van der Waals surface area contributed by atoms with Crippen LogP contribution in [0.5, 0.6) is 0 Å². The number of anilines is 2. The molecule has 0 fully saturated rings. The second-order valence-electron chi connectivity index (χ2n) is 3.79. The summed E-state index contributed by atoms with van der Waals surface area (Å²) in [6.45, 7) is 5.91. The van der Waals surface area contributed by atoms with Crippen LogP contribution in [-0.2, 0) is 0 Å². The van der Waals surface area contributed by atoms with Crippen molar-refractivity contribution in [3.8, 4) is 11.5 Å². The number of H-pyrrole nitrogens is 1. The Balaban J connectivity index is 2.45. The molecule has 0 spiro atoms. The van der Waals surface area contributed by atoms with Gasteiger partial charge >= 0.3 is 0 Å². The van der Waals surface area contributed by atoms with Crippen molar-refractivity contribution in [2.75, 3.05) is 30.4 Å². The molecular formula is C12H18N6. The van der Waals surface area contributed by atoms with Crippen LogP contribution in [0.25, 0.3) is 11.5 Å². The largest absolute Gasteiger partial charge is 0.359 e. The molecule has 0 amide bonds. The zero-order valence-electron chi connectivity index (χ0n) is 10.9. The standard InChI is InChI=1S/C12H18N6/c1-4-18(5-2)12-16-10(9-7-6-8-14-9)15-11(13-3)17-12/h6-8,14H,4-5H2,1-3H3,(H,13,15,16,17). The van der Waals surface area contributed by atoms with E-state index in [0.29, 0.717) is 17.7 Å². The van der Waals surface area contributed by atoms with E-state index in [0.717, 1.165) is 18.8 Å². The minimum absolute atomic E-state index is 0.580. The fourth-order valence-corrected chi connectivity index (χ4v) is 1.71. The Morgan fingerprint density at radius 1 is 1.22 bits per heavy atom. The molecule has 0 aliphatic rings. The minimum Gasteiger partial charge on any atom is -0.359 e. The first kappa shape index (κ1) is 12.3. The van der Waals surface area contributed by atoms with Crippen molar-refractivity contribution >= 4 is 11.9 Å². The molecule has 2 aromatic rings. The Labute approximate surface area is 106 Å². The molecule has 2 rings (SSSR count). The van der Waals surface area contributed by atoms with Crippen LogP contribution < -0.4 is 10.2 Å². The van der Waals surface area contributed by atoms with Gasteiger partial charge in [0, 0.05) is 26.3 Å². The number of rotatable bonds is 5. The van der Waals surface area contributed by atoms with Gasteiger partial charge in [-0.3, -0.25) is 0 Å². The maximum absolute atomic E-state index is 4.50. The lowest BCUT2D eigenvalue weighted by Gasteiger charge is -2.19. The van der Waals surface area contributed by atoms with Crippen molar-refractivity contribution in [2.24, 2.45) is 0 Å². The average molecular weight is 246 g/mol. The Kier molecular flexibility index (Phi) is 3.76. The van der Waals surface area contributed by atoms with Gasteiger partial charge in [0.15, 0.2) is 5.82 Å². The highest BCUT2D eigenvalue weighted by atomic mass is 15.3. The topological polar surface area (TPSA) is 69.7 Å². The van der Waals surface area contributed by atoms with Crippen molar-refractivity contribution in [3.63, 3.8) is 0 Å². The van der Waals surface area contributed by atoms with E-state index in [1.54, 1.807) is 7.05 Å². The third-order valence-electron chi connectivity index (χ3n) is 2.73. The van der Waals surface area contributed by atoms with E-state index in [2.05, 4.69) is 44.0 Å². The van der Waals surface area contributed by atoms with E-state index in [4.69, 9.17) is 0 Å². The summed E-state index contributed by atoms with van der Waals surface area (Å²) >= 11 is 0. The summed E-state index contributed by atoms with van der Waals surface area (Å²) in [5, 5.41) is 2.97. The maximum atomic E-state index is 4.50. The first-order valence-corrected chi connectivity index (χ1v) is 6.11. The zero-order valence-corrected chi connectivity index (χ0v) is 10.9. The zero-order chi connectivity index (χ0) is 13.0. The monoisotopic (exact) mass is 246 g/mol. The summed E-state index contributed by atoms with van der Waals surface area (Å²) in [7, 11) is 1.81. The Morgan fingerprint density at radius 2 is 2.00 bits per heavy atom. The molecule has 0 aliphatic carbocycles. The van der Waals surface area contributed by atoms with Crippen LogP contribution in [0.3, 0.4) is 0 Å². The summed E-state index contributed by atoms with van der Waals surface area (Å²) in [4.78, 5) is 18.4. The molecular weight excluding hydrogens is 228 g/mol. The van der Waals surface area contributed by atoms with E-state index in [1.807, 2.05) is 18.3 Å². The van der Waals surface area contributed by atoms with Gasteiger partial charge < -0.3 is 15.2 Å². The molecule has 6 heteroatoms. The van der Waals surface area contributed by atoms with Crippen LogP contribution in [0.2, 0.25) is 0 Å². The summed E-state index contributed by atoms with van der Waals surface area (Å²) < 4.78 is 0. The quantitative estimate of drug-likeness (QED) is 0.841. The highest BCUT2D eigenvalue weighted by molar-refractivity contribution is 5.54. The van der Waals surface area contributed by atoms with Gasteiger partial charge in [-0.2, -0.15) is 15.0 Å². The lowest BCUT2D eigenvalue weighted by molar-refractivity contribution is 0.814. The molecule has 0 bridgehead atoms. The third-order valence-corrected chi connectivity index (χ3v) is 2.73. The number of nitrogens with one attached hydrogen (secondary N) is 2. The second kappa shape index (κ2) is 5.48. The van der Waals surface area contributed by atoms with E-state index in [-0.39, 0.29) is 0 Å². The van der Waals surface area contributed by atoms with Gasteiger partial charge in [-0.1, -0.05) is 0 Å². The van der Waals surface area contributed by atoms with Crippen LogP contribution in [0.15, 0.2) is 18.3 Å². The van der Waals surface area contributed by atoms with Crippen LogP contribution in [-0.4, -0.2) is 40.1 Å². The van der Waals surface area contributed by atoms with E-state index in [1.165, 1.54) is 0 Å². The molecule has 2 aromatic heterocycles. The molecule has 96 valence electrons. The molecule has 2 heterocycles. The first-order valence-electron chi connectivity index (χ1n) is 6.11. The SMILES string of the molecule is CCN(CC)c1nc(NC)nc(-c2ccc[nH]2)n1. The van der Waals surface area contributed by atoms with Gasteiger partial charge in [-0.05, 0) is 26.0 Å². The fraction of sp³-hybridized carbons (Fsp3) is 0.417. The highest BCUT2D eigenvalue weighted by Gasteiger charge is 2.11. The van der Waals surface area contributed by atoms with Crippen LogP contribution in [0, 0.1) is 0 Å². The molecule has 0 aliphatic heterocycles. The van der Waals surface area contributed by atoms with Crippen molar-refractivity contribution in [1.82, 2.24) is 19.9 Å². The van der Waals surface area contributed by atoms with Crippen LogP contribution in [0.4, 0.5) is 11.9 Å². The van der Waals surface area contributed by atoms with Gasteiger partial charge in [0.05, 0.1) is 5.69 Å². The van der Waals surface area contributed by atoms with Crippen molar-refractivity contribution < 1.29 is 0 Å². The van der Waals surface area contributed by atoms with Gasteiger partial charge in [-0.15, -0.1) is 0 Å². The number of hydrogen-bond donors (Lipinski definition) is 2. The summed E-state index contributed by atoms with van der Waals surface area (Å²) in [5.74, 6) is 1.93. The average Bonchev–Trinajstić information content (AvgIpc) is 2.94. The summed E-state index contributed by atoms with van der Waals surface area (Å²) in [5.41, 5.74) is 0.891. The Bertz CT molecular complexity index is 489. The van der Waals surface area contributed by atoms with Gasteiger partial charge in [-0.25, -0.2) is 0 Å². The first-order chi connectivity index (χ1) is 8.78. The maximum Gasteiger partial charge on any atom is 0.230 e. The number of nitrogens with zero attached hydrogens (tertiary/aromatic N) is 4. The molecule has 0 aromatic carbocycles. The third kappa shape index (κ3) is 2.42. The number of aromatic amines is 1. The van der Waals surface area contributed by atoms with Crippen LogP contribution in [0.1, 0.15) is 13.8 Å². The van der Waals surface area contributed by atoms with Gasteiger partial charge in [0.25, 0.3) is 0 Å². The van der Waals surface area contributed by atoms with E-state index in [9.17, 15) is 0 Å². The lowest BCUT2D eigenvalue weighted by atomic mass is 10.4. The predicted molar refractivity (Wildman–Crippen MR) is 72.7 cm³/mol. The van der Waals surface area contributed by atoms with Gasteiger partial charge in [0.1, 0.15) is 0 Å². The van der Waals surface area contributed by atoms with E-state index < -0.39 is 0 Å². The number of hydrogen-bond acceptors (Lipinski definition) is 5. The molecule has 0 unspecified atom stereocenters. The highest BCUT2D eigenvalue weighted by Crippen LogP contribution is 2.17. The Morgan fingerprint density at radius 3 is 2.56 bits per heavy atom. The second-order valence-corrected chi connectivity index (χ2v) is 3.79. The minimum atomic E-state index is 0.580. The van der Waals surface area contributed by atoms with Crippen molar-refractivity contribution in [3.05, 3.63) is 18.3 Å². The predicted octanol–water partition coefficient (Wildman–Crippen LogP) is 1.75. The number of aromatic nitrogens is 4.